The Kier molecular flexibility index (Phi) is 7.83. The molecule has 3 fully saturated rings. The van der Waals surface area contributed by atoms with Crippen LogP contribution in [0, 0.1) is 11.3 Å². The summed E-state index contributed by atoms with van der Waals surface area (Å²) >= 11 is 0. The highest BCUT2D eigenvalue weighted by Gasteiger charge is 2.75. The van der Waals surface area contributed by atoms with E-state index in [0.29, 0.717) is 12.8 Å². The number of nitrogens with one attached hydrogen (secondary N) is 1. The number of nitrogens with zero attached hydrogens (tertiary/aromatic N) is 3. The molecule has 1 aromatic heterocycles. The molecule has 5 aliphatic heterocycles. The third-order valence-electron chi connectivity index (χ3n) is 14.8. The van der Waals surface area contributed by atoms with Gasteiger partial charge in [0, 0.05) is 60.4 Å². The Labute approximate surface area is 307 Å². The van der Waals surface area contributed by atoms with Gasteiger partial charge in [-0.1, -0.05) is 55.8 Å². The average Bonchev–Trinajstić information content (AvgIpc) is 3.83. The van der Waals surface area contributed by atoms with Gasteiger partial charge in [0.2, 0.25) is 0 Å². The lowest BCUT2D eigenvalue weighted by atomic mass is 9.48. The molecule has 8 atom stereocenters. The maximum atomic E-state index is 15.0. The maximum Gasteiger partial charge on any atom is 0.340 e. The minimum atomic E-state index is -1.68. The van der Waals surface area contributed by atoms with Gasteiger partial charge in [0.15, 0.2) is 5.60 Å². The van der Waals surface area contributed by atoms with Crippen LogP contribution in [0.3, 0.4) is 0 Å². The van der Waals surface area contributed by atoms with Crippen molar-refractivity contribution < 1.29 is 24.2 Å². The molecule has 2 bridgehead atoms. The monoisotopic (exact) mass is 706 g/mol. The highest BCUT2D eigenvalue weighted by atomic mass is 16.5. The van der Waals surface area contributed by atoms with Crippen molar-refractivity contribution in [1.29, 1.82) is 0 Å². The number of aromatic amines is 1. The molecule has 0 radical (unpaired) electrons. The van der Waals surface area contributed by atoms with E-state index < -0.39 is 28.4 Å². The third-order valence-corrected chi connectivity index (χ3v) is 14.8. The minimum Gasteiger partial charge on any atom is -0.468 e. The predicted octanol–water partition coefficient (Wildman–Crippen LogP) is 5.47. The van der Waals surface area contributed by atoms with E-state index in [2.05, 4.69) is 82.1 Å². The number of benzene rings is 2. The SMILES string of the molecule is CCC1=C[C@@H]2CN(CCc3c([nH]c4ccccc34)[C@@](C(=O)OC)(c3ccc4c(c3)[C@@]35CCN6CCC[C@@](CC)(C[C@](O)(C(=O)OC)[C@@H]3N4C)[C@H]65)C2)C1. The van der Waals surface area contributed by atoms with Crippen LogP contribution in [0.5, 0.6) is 0 Å². The number of para-hydroxylation sites is 1. The highest BCUT2D eigenvalue weighted by molar-refractivity contribution is 5.94. The molecular weight excluding hydrogens is 652 g/mol. The minimum absolute atomic E-state index is 0.147. The van der Waals surface area contributed by atoms with Crippen molar-refractivity contribution >= 4 is 28.5 Å². The third kappa shape index (κ3) is 4.33. The Morgan fingerprint density at radius 2 is 1.81 bits per heavy atom. The van der Waals surface area contributed by atoms with Crippen LogP contribution in [0.4, 0.5) is 5.69 Å². The second-order valence-corrected chi connectivity index (χ2v) is 16.9. The Morgan fingerprint density at radius 1 is 1.00 bits per heavy atom. The quantitative estimate of drug-likeness (QED) is 0.267. The second kappa shape index (κ2) is 11.9. The van der Waals surface area contributed by atoms with Crippen LogP contribution in [-0.2, 0) is 36.3 Å². The first-order valence-corrected chi connectivity index (χ1v) is 19.6. The molecule has 6 heterocycles. The first kappa shape index (κ1) is 34.1. The molecular formula is C43H54N4O5. The van der Waals surface area contributed by atoms with Gasteiger partial charge in [0.1, 0.15) is 5.41 Å². The summed E-state index contributed by atoms with van der Waals surface area (Å²) in [7, 11) is 4.97. The van der Waals surface area contributed by atoms with E-state index in [4.69, 9.17) is 9.47 Å². The lowest BCUT2D eigenvalue weighted by Gasteiger charge is -2.62. The van der Waals surface area contributed by atoms with Gasteiger partial charge in [-0.05, 0) is 105 Å². The van der Waals surface area contributed by atoms with E-state index in [1.54, 1.807) is 0 Å². The number of piperidine rings is 1. The summed E-state index contributed by atoms with van der Waals surface area (Å²) in [6.45, 7) is 9.17. The normalized spacial score (nSPS) is 36.4. The van der Waals surface area contributed by atoms with Gasteiger partial charge in [-0.15, -0.1) is 0 Å². The van der Waals surface area contributed by atoms with E-state index in [1.165, 1.54) is 25.4 Å². The van der Waals surface area contributed by atoms with Crippen LogP contribution in [0.25, 0.3) is 10.9 Å². The van der Waals surface area contributed by atoms with Gasteiger partial charge in [-0.3, -0.25) is 14.6 Å². The molecule has 1 spiro atoms. The number of ether oxygens (including phenoxy) is 2. The van der Waals surface area contributed by atoms with Gasteiger partial charge < -0.3 is 24.5 Å². The number of rotatable bonds is 5. The zero-order valence-corrected chi connectivity index (χ0v) is 31.5. The fourth-order valence-corrected chi connectivity index (χ4v) is 12.9. The molecule has 52 heavy (non-hydrogen) atoms. The topological polar surface area (TPSA) is 98.3 Å². The van der Waals surface area contributed by atoms with Crippen LogP contribution in [0.1, 0.15) is 81.2 Å². The fraction of sp³-hybridized carbons (Fsp3) is 0.581. The Bertz CT molecular complexity index is 1990. The lowest BCUT2D eigenvalue weighted by molar-refractivity contribution is -0.188. The number of likely N-dealkylation sites (N-methyl/N-ethyl adjacent to an activating group) is 1. The predicted molar refractivity (Wildman–Crippen MR) is 202 cm³/mol. The average molecular weight is 707 g/mol. The Morgan fingerprint density at radius 3 is 2.58 bits per heavy atom. The van der Waals surface area contributed by atoms with Crippen LogP contribution in [-0.4, -0.2) is 104 Å². The Hall–Kier alpha value is -3.66. The van der Waals surface area contributed by atoms with Crippen LogP contribution >= 0.6 is 0 Å². The van der Waals surface area contributed by atoms with E-state index >= 15 is 0 Å². The van der Waals surface area contributed by atoms with Crippen molar-refractivity contribution in [3.05, 3.63) is 76.5 Å². The molecule has 9 rings (SSSR count). The van der Waals surface area contributed by atoms with Crippen molar-refractivity contribution in [3.8, 4) is 0 Å². The van der Waals surface area contributed by atoms with Crippen LogP contribution in [0.2, 0.25) is 0 Å². The van der Waals surface area contributed by atoms with Gasteiger partial charge in [0.05, 0.1) is 20.3 Å². The smallest absolute Gasteiger partial charge is 0.340 e. The number of aliphatic hydroxyl groups is 1. The Balaban J connectivity index is 1.32. The summed E-state index contributed by atoms with van der Waals surface area (Å²) < 4.78 is 11.4. The fourth-order valence-electron chi connectivity index (χ4n) is 12.9. The van der Waals surface area contributed by atoms with Crippen molar-refractivity contribution in [2.45, 2.75) is 93.7 Å². The summed E-state index contributed by atoms with van der Waals surface area (Å²) in [5.74, 6) is -0.652. The summed E-state index contributed by atoms with van der Waals surface area (Å²) in [6.07, 6.45) is 8.91. The van der Waals surface area contributed by atoms with Gasteiger partial charge in [-0.2, -0.15) is 0 Å². The maximum absolute atomic E-state index is 15.0. The number of carbonyl (C=O) groups excluding carboxylic acids is 2. The van der Waals surface area contributed by atoms with Crippen molar-refractivity contribution in [2.75, 3.05) is 58.9 Å². The molecule has 9 heteroatoms. The summed E-state index contributed by atoms with van der Waals surface area (Å²) in [5.41, 5.74) is 4.08. The number of H-pyrrole nitrogens is 1. The molecule has 276 valence electrons. The van der Waals surface area contributed by atoms with Gasteiger partial charge >= 0.3 is 11.9 Å². The number of methoxy groups -OCH3 is 2. The van der Waals surface area contributed by atoms with Crippen LogP contribution < -0.4 is 4.90 Å². The number of anilines is 1. The van der Waals surface area contributed by atoms with Crippen molar-refractivity contribution in [1.82, 2.24) is 14.8 Å². The number of hydrogen-bond acceptors (Lipinski definition) is 8. The van der Waals surface area contributed by atoms with E-state index in [9.17, 15) is 14.7 Å². The van der Waals surface area contributed by atoms with Crippen molar-refractivity contribution in [2.24, 2.45) is 11.3 Å². The molecule has 0 amide bonds. The summed E-state index contributed by atoms with van der Waals surface area (Å²) in [6, 6.07) is 14.7. The second-order valence-electron chi connectivity index (χ2n) is 16.9. The first-order chi connectivity index (χ1) is 25.1. The summed E-state index contributed by atoms with van der Waals surface area (Å²) in [5, 5.41) is 14.0. The zero-order chi connectivity index (χ0) is 36.2. The lowest BCUT2D eigenvalue weighted by Crippen LogP contribution is -2.75. The number of hydrogen-bond donors (Lipinski definition) is 2. The number of aromatic nitrogens is 1. The van der Waals surface area contributed by atoms with Crippen molar-refractivity contribution in [3.63, 3.8) is 0 Å². The number of carbonyl (C=O) groups is 2. The first-order valence-electron chi connectivity index (χ1n) is 19.6. The van der Waals surface area contributed by atoms with Gasteiger partial charge in [0.25, 0.3) is 0 Å². The number of fused-ring (bicyclic) bond motifs is 6. The molecule has 6 aliphatic rings. The molecule has 2 N–H and O–H groups in total. The molecule has 3 aromatic rings. The van der Waals surface area contributed by atoms with E-state index in [0.717, 1.165) is 105 Å². The highest BCUT2D eigenvalue weighted by Crippen LogP contribution is 2.68. The molecule has 1 aliphatic carbocycles. The molecule has 1 unspecified atom stereocenters. The molecule has 9 nitrogen and oxygen atoms in total. The molecule has 1 saturated carbocycles. The molecule has 2 aromatic carbocycles. The largest absolute Gasteiger partial charge is 0.468 e. The molecule has 2 saturated heterocycles. The van der Waals surface area contributed by atoms with Gasteiger partial charge in [-0.25, -0.2) is 4.79 Å². The number of esters is 2. The zero-order valence-electron chi connectivity index (χ0n) is 31.5. The van der Waals surface area contributed by atoms with Crippen LogP contribution in [0.15, 0.2) is 54.1 Å². The van der Waals surface area contributed by atoms with E-state index in [1.807, 2.05) is 7.05 Å². The summed E-state index contributed by atoms with van der Waals surface area (Å²) in [4.78, 5) is 40.1. The van der Waals surface area contributed by atoms with E-state index in [-0.39, 0.29) is 23.3 Å². The standard InChI is InChI=1S/C43H54N4O5/c1-6-27-21-28-23-42(38(48)51-4,35-31(15-19-46(24-27)25-28)30-11-8-9-12-33(30)44-35)29-13-14-34-32(22-29)41-17-20-47-18-10-16-40(7-2,36(41)47)26-43(50,39(49)52-5)37(41)45(34)3/h8-9,11-14,21-22,28,36-37,44,50H,6-7,10,15-20,23-26H2,1-5H3/t28-,36-,37+,40-,41+,42-,43+/m0/s1.